The maximum atomic E-state index is 12.2. The van der Waals surface area contributed by atoms with Gasteiger partial charge < -0.3 is 48.4 Å². The Labute approximate surface area is 354 Å². The highest BCUT2D eigenvalue weighted by Gasteiger charge is 2.47. The molecule has 4 N–H and O–H groups in total. The quantitative estimate of drug-likeness (QED) is 0.0181. The molecule has 3 atom stereocenters. The monoisotopic (exact) mass is 826 g/mol. The van der Waals surface area contributed by atoms with Crippen LogP contribution in [0.4, 0.5) is 0 Å². The van der Waals surface area contributed by atoms with Gasteiger partial charge in [-0.15, -0.1) is 0 Å². The number of allylic oxidation sites excluding steroid dienone is 4. The molecule has 2 fully saturated rings. The van der Waals surface area contributed by atoms with Gasteiger partial charge in [0.25, 0.3) is 0 Å². The van der Waals surface area contributed by atoms with Crippen LogP contribution in [0.1, 0.15) is 194 Å². The Bertz CT molecular complexity index is 924. The fourth-order valence-corrected chi connectivity index (χ4v) is 6.90. The second-order valence-electron chi connectivity index (χ2n) is 16.0. The van der Waals surface area contributed by atoms with Crippen LogP contribution in [-0.2, 0) is 32.9 Å². The zero-order valence-electron chi connectivity index (χ0n) is 37.2. The molecule has 3 unspecified atom stereocenters. The van der Waals surface area contributed by atoms with E-state index >= 15 is 0 Å². The average Bonchev–Trinajstić information content (AvgIpc) is 3.84. The SMILES string of the molecule is CCCCCCCCC=CCCCCCCCC(=O)OCC1CO[B-]2(OCC(COC(=[OH+])CCCCCCCC=CCCCCCCCC)O2)O1.OCCNCCO. The van der Waals surface area contributed by atoms with E-state index in [0.29, 0.717) is 25.9 Å². The minimum Gasteiger partial charge on any atom is -0.517 e. The Kier molecular flexibility index (Phi) is 38.0. The molecule has 0 saturated carbocycles. The van der Waals surface area contributed by atoms with Crippen molar-refractivity contribution in [1.29, 1.82) is 0 Å². The predicted molar refractivity (Wildman–Crippen MR) is 237 cm³/mol. The number of unbranched alkanes of at least 4 members (excludes halogenated alkanes) is 22. The highest BCUT2D eigenvalue weighted by atomic mass is 16.9. The summed E-state index contributed by atoms with van der Waals surface area (Å²) >= 11 is 0. The largest absolute Gasteiger partial charge is 0.532 e. The Hall–Kier alpha value is -1.80. The van der Waals surface area contributed by atoms with E-state index in [0.717, 1.165) is 38.5 Å². The molecule has 0 amide bonds. The van der Waals surface area contributed by atoms with E-state index < -0.39 is 19.2 Å². The molecule has 2 heterocycles. The molecule has 0 aliphatic carbocycles. The van der Waals surface area contributed by atoms with Crippen molar-refractivity contribution in [1.82, 2.24) is 5.32 Å². The molecule has 0 radical (unpaired) electrons. The summed E-state index contributed by atoms with van der Waals surface area (Å²) in [6, 6.07) is 0. The number of hydrogen-bond donors (Lipinski definition) is 3. The summed E-state index contributed by atoms with van der Waals surface area (Å²) < 4.78 is 34.2. The molecule has 0 aromatic carbocycles. The van der Waals surface area contributed by atoms with Gasteiger partial charge in [-0.1, -0.05) is 141 Å². The third-order valence-corrected chi connectivity index (χ3v) is 10.4. The van der Waals surface area contributed by atoms with Crippen molar-refractivity contribution in [2.45, 2.75) is 206 Å². The lowest BCUT2D eigenvalue weighted by Crippen LogP contribution is -2.41. The summed E-state index contributed by atoms with van der Waals surface area (Å²) in [5.41, 5.74) is 0. The van der Waals surface area contributed by atoms with Gasteiger partial charge in [0.2, 0.25) is 6.61 Å². The maximum Gasteiger partial charge on any atom is 0.532 e. The molecule has 12 heteroatoms. The van der Waals surface area contributed by atoms with Crippen LogP contribution in [0, 0.1) is 0 Å². The number of carbonyl (C=O) groups is 1. The van der Waals surface area contributed by atoms with E-state index in [2.05, 4.69) is 43.5 Å². The molecule has 1 spiro atoms. The molecule has 340 valence electrons. The molecule has 11 nitrogen and oxygen atoms in total. The van der Waals surface area contributed by atoms with Crippen molar-refractivity contribution < 1.29 is 47.9 Å². The number of aliphatic hydroxyl groups excluding tert-OH is 2. The van der Waals surface area contributed by atoms with Gasteiger partial charge in [0, 0.05) is 32.7 Å². The molecule has 0 bridgehead atoms. The molecular weight excluding hydrogens is 737 g/mol. The van der Waals surface area contributed by atoms with Crippen LogP contribution >= 0.6 is 0 Å². The second kappa shape index (κ2) is 40.6. The number of esters is 2. The van der Waals surface area contributed by atoms with Crippen molar-refractivity contribution in [3.8, 4) is 0 Å². The van der Waals surface area contributed by atoms with Crippen molar-refractivity contribution in [3.05, 3.63) is 24.3 Å². The van der Waals surface area contributed by atoms with Crippen molar-refractivity contribution in [2.75, 3.05) is 52.7 Å². The summed E-state index contributed by atoms with van der Waals surface area (Å²) in [5, 5.41) is 19.1. The first-order valence-corrected chi connectivity index (χ1v) is 23.8. The molecule has 2 saturated heterocycles. The molecule has 0 aromatic heterocycles. The molecule has 0 aromatic rings. The number of aliphatic hydroxyl groups is 2. The van der Waals surface area contributed by atoms with Crippen LogP contribution in [0.25, 0.3) is 0 Å². The molecule has 2 aliphatic heterocycles. The Morgan fingerprint density at radius 3 is 1.40 bits per heavy atom. The van der Waals surface area contributed by atoms with Gasteiger partial charge in [-0.3, -0.25) is 4.79 Å². The van der Waals surface area contributed by atoms with Gasteiger partial charge in [-0.2, -0.15) is 0 Å². The number of carbonyl (C=O) groups excluding carboxylic acids is 2. The lowest BCUT2D eigenvalue weighted by atomic mass is 10.1. The zero-order chi connectivity index (χ0) is 42.0. The number of ether oxygens (including phenoxy) is 2. The van der Waals surface area contributed by atoms with Crippen LogP contribution < -0.4 is 5.32 Å². The van der Waals surface area contributed by atoms with E-state index in [1.807, 2.05) is 0 Å². The lowest BCUT2D eigenvalue weighted by molar-refractivity contribution is -0.146. The van der Waals surface area contributed by atoms with E-state index in [4.69, 9.17) is 38.3 Å². The minimum absolute atomic E-state index is 0.0361. The van der Waals surface area contributed by atoms with Gasteiger partial charge >= 0.3 is 18.9 Å². The summed E-state index contributed by atoms with van der Waals surface area (Å²) in [4.78, 5) is 22.4. The van der Waals surface area contributed by atoms with Crippen molar-refractivity contribution in [2.24, 2.45) is 0 Å². The van der Waals surface area contributed by atoms with Gasteiger partial charge in [-0.05, 0) is 64.2 Å². The van der Waals surface area contributed by atoms with Crippen LogP contribution in [0.3, 0.4) is 0 Å². The molecular formula is C46H88BNO10. The van der Waals surface area contributed by atoms with E-state index in [-0.39, 0.29) is 51.6 Å². The Balaban J connectivity index is 0.00000219. The smallest absolute Gasteiger partial charge is 0.517 e. The fourth-order valence-electron chi connectivity index (χ4n) is 6.90. The first-order chi connectivity index (χ1) is 28.5. The topological polar surface area (TPSA) is 146 Å². The summed E-state index contributed by atoms with van der Waals surface area (Å²) in [5.74, 6) is -0.171. The number of nitrogens with one attached hydrogen (secondary N) is 1. The first kappa shape index (κ1) is 54.2. The van der Waals surface area contributed by atoms with Gasteiger partial charge in [0.05, 0.1) is 25.4 Å². The first-order valence-electron chi connectivity index (χ1n) is 23.8. The molecule has 58 heavy (non-hydrogen) atoms. The summed E-state index contributed by atoms with van der Waals surface area (Å²) in [7, 11) is 0. The summed E-state index contributed by atoms with van der Waals surface area (Å²) in [6.07, 6.45) is 41.6. The number of hydrogen-bond acceptors (Lipinski definition) is 10. The van der Waals surface area contributed by atoms with E-state index in [1.54, 1.807) is 0 Å². The van der Waals surface area contributed by atoms with Crippen molar-refractivity contribution >= 4 is 18.9 Å². The Morgan fingerprint density at radius 1 is 0.586 bits per heavy atom. The third kappa shape index (κ3) is 33.0. The summed E-state index contributed by atoms with van der Waals surface area (Å²) in [6.45, 7) is 4.39. The van der Waals surface area contributed by atoms with Gasteiger partial charge in [0.1, 0.15) is 13.0 Å². The third-order valence-electron chi connectivity index (χ3n) is 10.4. The maximum absolute atomic E-state index is 12.2. The van der Waals surface area contributed by atoms with Crippen LogP contribution in [0.5, 0.6) is 0 Å². The van der Waals surface area contributed by atoms with Gasteiger partial charge in [0.15, 0.2) is 0 Å². The predicted octanol–water partition coefficient (Wildman–Crippen LogP) is 9.95. The van der Waals surface area contributed by atoms with Gasteiger partial charge in [-0.25, -0.2) is 0 Å². The number of rotatable bonds is 38. The van der Waals surface area contributed by atoms with E-state index in [9.17, 15) is 9.59 Å². The van der Waals surface area contributed by atoms with Crippen molar-refractivity contribution in [3.63, 3.8) is 0 Å². The Morgan fingerprint density at radius 2 is 0.966 bits per heavy atom. The van der Waals surface area contributed by atoms with Crippen LogP contribution in [-0.4, -0.2) is 98.8 Å². The lowest BCUT2D eigenvalue weighted by Gasteiger charge is -2.28. The standard InChI is InChI=1S/C42H76BO8.C4H11NO2/c1-3-5-7-9-11-13-15-17-19-21-23-25-27-29-31-33-41(44)46-35-39-37-48-43(50-39)49-38-40(51-43)36-47-42(45)34-32-30-28-26-24-22-20-18-16-14-12-10-8-6-4-2;6-3-1-5-2-4-7/h17-20,39-40H,3-16,21-38H2,1-2H3;5-7H,1-4H2/q-1;/p+1. The second-order valence-corrected chi connectivity index (χ2v) is 16.0. The fraction of sp³-hybridized carbons (Fsp3) is 0.870. The highest BCUT2D eigenvalue weighted by molar-refractivity contribution is 6.54. The minimum atomic E-state index is -2.33. The average molecular weight is 826 g/mol. The molecule has 2 aliphatic rings. The highest BCUT2D eigenvalue weighted by Crippen LogP contribution is 2.29. The normalized spacial score (nSPS) is 19.0. The van der Waals surface area contributed by atoms with Crippen LogP contribution in [0.2, 0.25) is 0 Å². The van der Waals surface area contributed by atoms with E-state index in [1.165, 1.54) is 128 Å². The zero-order valence-corrected chi connectivity index (χ0v) is 37.2. The van der Waals surface area contributed by atoms with Crippen LogP contribution in [0.15, 0.2) is 24.3 Å². The molecule has 2 rings (SSSR count).